The molecule has 0 aliphatic carbocycles. The molecule has 0 unspecified atom stereocenters. The first kappa shape index (κ1) is 18.0. The molecule has 1 N–H and O–H groups in total. The minimum Gasteiger partial charge on any atom is -0.444 e. The Kier molecular flexibility index (Phi) is 6.85. The van der Waals surface area contributed by atoms with E-state index in [1.807, 2.05) is 30.3 Å². The Morgan fingerprint density at radius 1 is 1.23 bits per heavy atom. The van der Waals surface area contributed by atoms with E-state index in [2.05, 4.69) is 5.32 Å². The highest BCUT2D eigenvalue weighted by Crippen LogP contribution is 2.17. The van der Waals surface area contributed by atoms with Crippen LogP contribution < -0.4 is 5.32 Å². The maximum atomic E-state index is 11.8. The van der Waals surface area contributed by atoms with E-state index in [1.54, 1.807) is 20.9 Å². The van der Waals surface area contributed by atoms with Crippen LogP contribution >= 0.6 is 0 Å². The number of alkyl carbamates (subject to hydrolysis) is 1. The number of rotatable bonds is 7. The lowest BCUT2D eigenvalue weighted by atomic mass is 10.0. The second-order valence-corrected chi connectivity index (χ2v) is 5.56. The highest BCUT2D eigenvalue weighted by atomic mass is 16.7. The first-order valence-electron chi connectivity index (χ1n) is 7.15. The van der Waals surface area contributed by atoms with Crippen molar-refractivity contribution in [1.82, 2.24) is 10.4 Å². The zero-order valence-electron chi connectivity index (χ0n) is 13.6. The summed E-state index contributed by atoms with van der Waals surface area (Å²) in [7, 11) is 2.97. The number of ether oxygens (including phenoxy) is 1. The average molecular weight is 308 g/mol. The number of amides is 2. The zero-order valence-corrected chi connectivity index (χ0v) is 13.6. The van der Waals surface area contributed by atoms with Crippen LogP contribution in [-0.4, -0.2) is 36.8 Å². The molecule has 1 aromatic rings. The van der Waals surface area contributed by atoms with Crippen molar-refractivity contribution in [3.8, 4) is 0 Å². The molecule has 6 nitrogen and oxygen atoms in total. The van der Waals surface area contributed by atoms with Gasteiger partial charge in [-0.3, -0.25) is 9.63 Å². The fourth-order valence-corrected chi connectivity index (χ4v) is 1.78. The van der Waals surface area contributed by atoms with Crippen LogP contribution in [0.4, 0.5) is 4.79 Å². The highest BCUT2D eigenvalue weighted by Gasteiger charge is 2.24. The van der Waals surface area contributed by atoms with Gasteiger partial charge in [-0.15, -0.1) is 0 Å². The normalized spacial score (nSPS) is 10.9. The van der Waals surface area contributed by atoms with E-state index < -0.39 is 11.7 Å². The maximum absolute atomic E-state index is 11.8. The van der Waals surface area contributed by atoms with Crippen LogP contribution in [0.15, 0.2) is 30.3 Å². The summed E-state index contributed by atoms with van der Waals surface area (Å²) in [6.45, 7) is 3.95. The van der Waals surface area contributed by atoms with E-state index >= 15 is 0 Å². The third-order valence-electron chi connectivity index (χ3n) is 3.21. The van der Waals surface area contributed by atoms with Crippen LogP contribution in [0.1, 0.15) is 32.3 Å². The van der Waals surface area contributed by atoms with Crippen LogP contribution in [0.3, 0.4) is 0 Å². The third kappa shape index (κ3) is 6.58. The van der Waals surface area contributed by atoms with Crippen molar-refractivity contribution in [2.24, 2.45) is 0 Å². The topological polar surface area (TPSA) is 67.9 Å². The molecule has 0 fully saturated rings. The van der Waals surface area contributed by atoms with Crippen molar-refractivity contribution in [1.29, 1.82) is 0 Å². The molecule has 122 valence electrons. The first-order chi connectivity index (χ1) is 10.3. The summed E-state index contributed by atoms with van der Waals surface area (Å²) in [5.41, 5.74) is 0.263. The molecular weight excluding hydrogens is 284 g/mol. The van der Waals surface area contributed by atoms with E-state index in [0.717, 1.165) is 10.6 Å². The van der Waals surface area contributed by atoms with Crippen molar-refractivity contribution in [2.75, 3.05) is 14.2 Å². The number of nitrogens with one attached hydrogen (secondary N) is 1. The minimum atomic E-state index is -0.731. The number of benzene rings is 1. The standard InChI is InChI=1S/C16H24N2O4/c1-16(2,11-10-14(19)18(3)21-4)22-15(20)17-12-13-8-6-5-7-9-13/h5-9H,10-12H2,1-4H3,(H,17,20). The lowest BCUT2D eigenvalue weighted by Gasteiger charge is -2.25. The Hall–Kier alpha value is -2.08. The molecule has 0 aliphatic heterocycles. The van der Waals surface area contributed by atoms with E-state index in [9.17, 15) is 9.59 Å². The van der Waals surface area contributed by atoms with Crippen molar-refractivity contribution in [3.63, 3.8) is 0 Å². The second kappa shape index (κ2) is 8.38. The number of hydroxylamine groups is 2. The second-order valence-electron chi connectivity index (χ2n) is 5.56. The van der Waals surface area contributed by atoms with Gasteiger partial charge in [0.2, 0.25) is 5.91 Å². The number of nitrogens with zero attached hydrogens (tertiary/aromatic N) is 1. The van der Waals surface area contributed by atoms with Crippen molar-refractivity contribution in [2.45, 2.75) is 38.8 Å². The Bertz CT molecular complexity index is 488. The molecule has 0 aromatic heterocycles. The van der Waals surface area contributed by atoms with Gasteiger partial charge < -0.3 is 10.1 Å². The molecule has 0 aliphatic rings. The lowest BCUT2D eigenvalue weighted by molar-refractivity contribution is -0.169. The zero-order chi connectivity index (χ0) is 16.6. The quantitative estimate of drug-likeness (QED) is 0.786. The molecule has 0 bridgehead atoms. The maximum Gasteiger partial charge on any atom is 0.407 e. The SMILES string of the molecule is CON(C)C(=O)CCC(C)(C)OC(=O)NCc1ccccc1. The number of carbonyl (C=O) groups is 2. The summed E-state index contributed by atoms with van der Waals surface area (Å²) in [5, 5.41) is 3.85. The lowest BCUT2D eigenvalue weighted by Crippen LogP contribution is -2.36. The molecule has 0 spiro atoms. The summed E-state index contributed by atoms with van der Waals surface area (Å²) in [5.74, 6) is -0.163. The van der Waals surface area contributed by atoms with Gasteiger partial charge in [0.25, 0.3) is 0 Å². The Morgan fingerprint density at radius 2 is 1.86 bits per heavy atom. The van der Waals surface area contributed by atoms with Gasteiger partial charge in [-0.2, -0.15) is 0 Å². The molecule has 2 amide bonds. The summed E-state index contributed by atoms with van der Waals surface area (Å²) < 4.78 is 5.36. The average Bonchev–Trinajstić information content (AvgIpc) is 2.50. The van der Waals surface area contributed by atoms with Gasteiger partial charge in [0.15, 0.2) is 0 Å². The van der Waals surface area contributed by atoms with Gasteiger partial charge in [0.1, 0.15) is 5.60 Å². The predicted molar refractivity (Wildman–Crippen MR) is 82.9 cm³/mol. The number of hydrogen-bond donors (Lipinski definition) is 1. The fraction of sp³-hybridized carbons (Fsp3) is 0.500. The van der Waals surface area contributed by atoms with Gasteiger partial charge >= 0.3 is 6.09 Å². The molecule has 0 saturated carbocycles. The van der Waals surface area contributed by atoms with Gasteiger partial charge in [0.05, 0.1) is 7.11 Å². The number of carbonyl (C=O) groups excluding carboxylic acids is 2. The van der Waals surface area contributed by atoms with Crippen LogP contribution in [0, 0.1) is 0 Å². The van der Waals surface area contributed by atoms with E-state index in [0.29, 0.717) is 13.0 Å². The summed E-state index contributed by atoms with van der Waals surface area (Å²) >= 11 is 0. The van der Waals surface area contributed by atoms with Gasteiger partial charge in [-0.25, -0.2) is 9.86 Å². The first-order valence-corrected chi connectivity index (χ1v) is 7.15. The molecule has 1 rings (SSSR count). The molecule has 0 atom stereocenters. The minimum absolute atomic E-state index is 0.163. The molecule has 0 radical (unpaired) electrons. The number of hydrogen-bond acceptors (Lipinski definition) is 4. The molecule has 1 aromatic carbocycles. The Morgan fingerprint density at radius 3 is 2.45 bits per heavy atom. The van der Waals surface area contributed by atoms with Crippen molar-refractivity contribution in [3.05, 3.63) is 35.9 Å². The summed E-state index contributed by atoms with van der Waals surface area (Å²) in [4.78, 5) is 28.3. The van der Waals surface area contributed by atoms with Crippen LogP contribution in [0.5, 0.6) is 0 Å². The van der Waals surface area contributed by atoms with E-state index in [1.165, 1.54) is 7.11 Å². The largest absolute Gasteiger partial charge is 0.444 e. The summed E-state index contributed by atoms with van der Waals surface area (Å²) in [6, 6.07) is 9.57. The van der Waals surface area contributed by atoms with E-state index in [-0.39, 0.29) is 12.3 Å². The Balaban J connectivity index is 2.36. The van der Waals surface area contributed by atoms with E-state index in [4.69, 9.17) is 9.57 Å². The molecule has 0 saturated heterocycles. The summed E-state index contributed by atoms with van der Waals surface area (Å²) in [6.07, 6.45) is 0.156. The smallest absolute Gasteiger partial charge is 0.407 e. The highest BCUT2D eigenvalue weighted by molar-refractivity contribution is 5.75. The molecule has 0 heterocycles. The molecular formula is C16H24N2O4. The van der Waals surface area contributed by atoms with Crippen LogP contribution in [0.2, 0.25) is 0 Å². The van der Waals surface area contributed by atoms with Gasteiger partial charge in [-0.1, -0.05) is 30.3 Å². The van der Waals surface area contributed by atoms with Crippen molar-refractivity contribution < 1.29 is 19.2 Å². The predicted octanol–water partition coefficient (Wildman–Crippen LogP) is 2.49. The molecule has 22 heavy (non-hydrogen) atoms. The molecule has 6 heteroatoms. The monoisotopic (exact) mass is 308 g/mol. The van der Waals surface area contributed by atoms with Crippen LogP contribution in [0.25, 0.3) is 0 Å². The van der Waals surface area contributed by atoms with Gasteiger partial charge in [0, 0.05) is 20.0 Å². The van der Waals surface area contributed by atoms with Crippen molar-refractivity contribution >= 4 is 12.0 Å². The van der Waals surface area contributed by atoms with Crippen LogP contribution in [-0.2, 0) is 20.9 Å². The fourth-order valence-electron chi connectivity index (χ4n) is 1.78. The third-order valence-corrected chi connectivity index (χ3v) is 3.21. The Labute approximate surface area is 131 Å². The van der Waals surface area contributed by atoms with Gasteiger partial charge in [-0.05, 0) is 25.8 Å².